The van der Waals surface area contributed by atoms with Gasteiger partial charge >= 0.3 is 0 Å². The molecule has 1 aromatic heterocycles. The normalized spacial score (nSPS) is 13.9. The number of hydrogen-bond acceptors (Lipinski definition) is 5. The van der Waals surface area contributed by atoms with E-state index in [1.165, 1.54) is 11.3 Å². The van der Waals surface area contributed by atoms with Crippen molar-refractivity contribution in [2.45, 2.75) is 19.4 Å². The highest BCUT2D eigenvalue weighted by Gasteiger charge is 2.17. The molecule has 22 heavy (non-hydrogen) atoms. The van der Waals surface area contributed by atoms with Gasteiger partial charge in [-0.25, -0.2) is 0 Å². The Morgan fingerprint density at radius 3 is 2.95 bits per heavy atom. The molecule has 3 rings (SSSR count). The Balaban J connectivity index is 1.52. The van der Waals surface area contributed by atoms with Gasteiger partial charge in [0.25, 0.3) is 5.91 Å². The molecule has 116 valence electrons. The van der Waals surface area contributed by atoms with Crippen LogP contribution in [0.2, 0.25) is 0 Å². The van der Waals surface area contributed by atoms with E-state index in [9.17, 15) is 9.90 Å². The first-order valence-electron chi connectivity index (χ1n) is 7.04. The van der Waals surface area contributed by atoms with Crippen molar-refractivity contribution in [1.82, 2.24) is 5.32 Å². The Hall–Kier alpha value is -2.05. The van der Waals surface area contributed by atoms with Crippen molar-refractivity contribution in [1.29, 1.82) is 0 Å². The van der Waals surface area contributed by atoms with Gasteiger partial charge in [0.2, 0.25) is 6.79 Å². The maximum atomic E-state index is 11.9. The lowest BCUT2D eigenvalue weighted by atomic mass is 10.1. The largest absolute Gasteiger partial charge is 0.454 e. The van der Waals surface area contributed by atoms with Crippen LogP contribution < -0.4 is 14.8 Å². The molecule has 5 nitrogen and oxygen atoms in total. The lowest BCUT2D eigenvalue weighted by molar-refractivity contribution is 0.0946. The van der Waals surface area contributed by atoms with Crippen LogP contribution in [-0.4, -0.2) is 24.4 Å². The van der Waals surface area contributed by atoms with E-state index in [1.54, 1.807) is 12.1 Å². The minimum atomic E-state index is -0.653. The maximum absolute atomic E-state index is 11.9. The summed E-state index contributed by atoms with van der Waals surface area (Å²) in [6.07, 6.45) is -0.213. The molecule has 1 aliphatic rings. The summed E-state index contributed by atoms with van der Waals surface area (Å²) in [6.45, 7) is 2.58. The Kier molecular flexibility index (Phi) is 4.31. The number of thiophene rings is 1. The lowest BCUT2D eigenvalue weighted by Gasteiger charge is -2.12. The molecule has 0 radical (unpaired) electrons. The first kappa shape index (κ1) is 14.9. The molecule has 2 heterocycles. The number of aryl methyl sites for hydroxylation is 1. The van der Waals surface area contributed by atoms with E-state index in [-0.39, 0.29) is 12.7 Å². The Morgan fingerprint density at radius 1 is 1.36 bits per heavy atom. The average Bonchev–Trinajstić information content (AvgIpc) is 3.14. The first-order chi connectivity index (χ1) is 10.6. The number of carbonyl (C=O) groups excluding carboxylic acids is 1. The molecule has 2 N–H and O–H groups in total. The molecule has 0 bridgehead atoms. The minimum absolute atomic E-state index is 0.101. The van der Waals surface area contributed by atoms with E-state index in [4.69, 9.17) is 9.47 Å². The summed E-state index contributed by atoms with van der Waals surface area (Å²) in [5.74, 6) is 1.24. The van der Waals surface area contributed by atoms with Crippen LogP contribution in [0, 0.1) is 6.92 Å². The van der Waals surface area contributed by atoms with Gasteiger partial charge in [-0.15, -0.1) is 11.3 Å². The van der Waals surface area contributed by atoms with Gasteiger partial charge in [0.15, 0.2) is 11.5 Å². The van der Waals surface area contributed by atoms with Crippen molar-refractivity contribution in [3.05, 3.63) is 45.6 Å². The van der Waals surface area contributed by atoms with E-state index in [0.717, 1.165) is 11.1 Å². The second-order valence-corrected chi connectivity index (χ2v) is 6.07. The molecule has 1 atom stereocenters. The molecular weight excluding hydrogens is 302 g/mol. The number of aliphatic hydroxyl groups is 1. The molecule has 6 heteroatoms. The van der Waals surface area contributed by atoms with Crippen molar-refractivity contribution in [3.63, 3.8) is 0 Å². The second-order valence-electron chi connectivity index (χ2n) is 5.16. The molecule has 0 saturated carbocycles. The number of nitrogens with one attached hydrogen (secondary N) is 1. The molecule has 1 aromatic carbocycles. The quantitative estimate of drug-likeness (QED) is 0.889. The number of amides is 1. The standard InChI is InChI=1S/C16H17NO4S/c1-10-6-15(22-8-10)16(19)17-5-4-12(18)11-2-3-13-14(7-11)21-9-20-13/h2-3,6-8,12,18H,4-5,9H2,1H3,(H,17,19)/t12-/m1/s1. The summed E-state index contributed by atoms with van der Waals surface area (Å²) >= 11 is 1.42. The minimum Gasteiger partial charge on any atom is -0.454 e. The van der Waals surface area contributed by atoms with Gasteiger partial charge in [-0.2, -0.15) is 0 Å². The van der Waals surface area contributed by atoms with Crippen LogP contribution in [0.15, 0.2) is 29.6 Å². The smallest absolute Gasteiger partial charge is 0.261 e. The fourth-order valence-electron chi connectivity index (χ4n) is 2.25. The van der Waals surface area contributed by atoms with Crippen LogP contribution in [-0.2, 0) is 0 Å². The zero-order valence-corrected chi connectivity index (χ0v) is 13.0. The highest BCUT2D eigenvalue weighted by Crippen LogP contribution is 2.34. The number of carbonyl (C=O) groups is 1. The third-order valence-corrected chi connectivity index (χ3v) is 4.49. The number of fused-ring (bicyclic) bond motifs is 1. The number of hydrogen-bond donors (Lipinski definition) is 2. The Labute approximate surface area is 132 Å². The summed E-state index contributed by atoms with van der Waals surface area (Å²) in [7, 11) is 0. The SMILES string of the molecule is Cc1csc(C(=O)NCC[C@@H](O)c2ccc3c(c2)OCO3)c1. The highest BCUT2D eigenvalue weighted by atomic mass is 32.1. The maximum Gasteiger partial charge on any atom is 0.261 e. The number of rotatable bonds is 5. The van der Waals surface area contributed by atoms with E-state index in [0.29, 0.717) is 29.3 Å². The van der Waals surface area contributed by atoms with Crippen LogP contribution in [0.1, 0.15) is 33.3 Å². The highest BCUT2D eigenvalue weighted by molar-refractivity contribution is 7.12. The Bertz CT molecular complexity index is 683. The van der Waals surface area contributed by atoms with Gasteiger partial charge in [0, 0.05) is 6.54 Å². The van der Waals surface area contributed by atoms with E-state index in [2.05, 4.69) is 5.32 Å². The summed E-state index contributed by atoms with van der Waals surface area (Å²) in [5.41, 5.74) is 1.83. The topological polar surface area (TPSA) is 67.8 Å². The van der Waals surface area contributed by atoms with Crippen LogP contribution in [0.25, 0.3) is 0 Å². The first-order valence-corrected chi connectivity index (χ1v) is 7.92. The molecule has 0 saturated heterocycles. The van der Waals surface area contributed by atoms with Gasteiger partial charge in [-0.05, 0) is 48.1 Å². The fourth-order valence-corrected chi connectivity index (χ4v) is 3.06. The third kappa shape index (κ3) is 3.23. The number of benzene rings is 1. The van der Waals surface area contributed by atoms with Crippen LogP contribution in [0.3, 0.4) is 0 Å². The average molecular weight is 319 g/mol. The van der Waals surface area contributed by atoms with Gasteiger partial charge in [-0.3, -0.25) is 4.79 Å². The van der Waals surface area contributed by atoms with Crippen molar-refractivity contribution in [2.24, 2.45) is 0 Å². The van der Waals surface area contributed by atoms with Crippen LogP contribution in [0.5, 0.6) is 11.5 Å². The summed E-state index contributed by atoms with van der Waals surface area (Å²) < 4.78 is 10.5. The molecule has 0 fully saturated rings. The zero-order valence-electron chi connectivity index (χ0n) is 12.2. The van der Waals surface area contributed by atoms with E-state index >= 15 is 0 Å². The van der Waals surface area contributed by atoms with Gasteiger partial charge < -0.3 is 19.9 Å². The fraction of sp³-hybridized carbons (Fsp3) is 0.312. The van der Waals surface area contributed by atoms with E-state index < -0.39 is 6.10 Å². The summed E-state index contributed by atoms with van der Waals surface area (Å²) in [6, 6.07) is 7.22. The summed E-state index contributed by atoms with van der Waals surface area (Å²) in [4.78, 5) is 12.6. The monoisotopic (exact) mass is 319 g/mol. The number of ether oxygens (including phenoxy) is 2. The molecule has 2 aromatic rings. The van der Waals surface area contributed by atoms with Gasteiger partial charge in [-0.1, -0.05) is 6.07 Å². The molecule has 0 aliphatic carbocycles. The van der Waals surface area contributed by atoms with E-state index in [1.807, 2.05) is 24.4 Å². The zero-order chi connectivity index (χ0) is 15.5. The molecular formula is C16H17NO4S. The van der Waals surface area contributed by atoms with Crippen molar-refractivity contribution >= 4 is 17.2 Å². The third-order valence-electron chi connectivity index (χ3n) is 3.44. The van der Waals surface area contributed by atoms with Crippen molar-refractivity contribution in [3.8, 4) is 11.5 Å². The van der Waals surface area contributed by atoms with Crippen molar-refractivity contribution < 1.29 is 19.4 Å². The molecule has 1 amide bonds. The Morgan fingerprint density at radius 2 is 2.18 bits per heavy atom. The van der Waals surface area contributed by atoms with Crippen LogP contribution in [0.4, 0.5) is 0 Å². The van der Waals surface area contributed by atoms with Crippen molar-refractivity contribution in [2.75, 3.05) is 13.3 Å². The number of aliphatic hydroxyl groups excluding tert-OH is 1. The summed E-state index contributed by atoms with van der Waals surface area (Å²) in [5, 5.41) is 15.0. The second kappa shape index (κ2) is 6.37. The lowest BCUT2D eigenvalue weighted by Crippen LogP contribution is -2.24. The van der Waals surface area contributed by atoms with Gasteiger partial charge in [0.1, 0.15) is 0 Å². The predicted octanol–water partition coefficient (Wildman–Crippen LogP) is 2.64. The molecule has 0 unspecified atom stereocenters. The predicted molar refractivity (Wildman–Crippen MR) is 83.5 cm³/mol. The molecule has 0 spiro atoms. The molecule has 1 aliphatic heterocycles. The van der Waals surface area contributed by atoms with Gasteiger partial charge in [0.05, 0.1) is 11.0 Å². The van der Waals surface area contributed by atoms with Crippen LogP contribution >= 0.6 is 11.3 Å².